The van der Waals surface area contributed by atoms with E-state index in [-0.39, 0.29) is 17.5 Å². The first-order valence-corrected chi connectivity index (χ1v) is 10.8. The summed E-state index contributed by atoms with van der Waals surface area (Å²) in [4.78, 5) is 24.8. The molecule has 33 heavy (non-hydrogen) atoms. The van der Waals surface area contributed by atoms with Gasteiger partial charge in [0, 0.05) is 17.0 Å². The number of amides is 1. The third-order valence-electron chi connectivity index (χ3n) is 5.85. The lowest BCUT2D eigenvalue weighted by molar-refractivity contribution is -0.102. The minimum atomic E-state index is -1.78. The molecule has 1 aromatic carbocycles. The number of anilines is 1. The lowest BCUT2D eigenvalue weighted by Crippen LogP contribution is -2.44. The van der Waals surface area contributed by atoms with Gasteiger partial charge in [0.05, 0.1) is 30.5 Å². The highest BCUT2D eigenvalue weighted by Gasteiger charge is 2.53. The maximum atomic E-state index is 12.5. The van der Waals surface area contributed by atoms with Crippen LogP contribution in [-0.2, 0) is 9.47 Å². The molecule has 178 valence electrons. The molecule has 0 bridgehead atoms. The number of hydrogen-bond donors (Lipinski definition) is 5. The molecule has 0 saturated carbocycles. The molecular formula is C21H27N5O7. The number of aromatic nitrogens is 4. The average Bonchev–Trinajstić information content (AvgIpc) is 3.19. The monoisotopic (exact) mass is 461 g/mol. The van der Waals surface area contributed by atoms with Crippen molar-refractivity contribution in [3.8, 4) is 0 Å². The van der Waals surface area contributed by atoms with Crippen molar-refractivity contribution in [3.05, 3.63) is 28.8 Å². The van der Waals surface area contributed by atoms with Gasteiger partial charge in [0.2, 0.25) is 0 Å². The molecule has 1 aliphatic heterocycles. The molecular weight excluding hydrogens is 434 g/mol. The summed E-state index contributed by atoms with van der Waals surface area (Å²) in [5.41, 5.74) is -1.66. The van der Waals surface area contributed by atoms with Gasteiger partial charge in [-0.15, -0.1) is 0 Å². The van der Waals surface area contributed by atoms with E-state index in [1.54, 1.807) is 0 Å². The summed E-state index contributed by atoms with van der Waals surface area (Å²) in [6.45, 7) is 3.19. The van der Waals surface area contributed by atoms with Crippen LogP contribution in [0.5, 0.6) is 0 Å². The Labute approximate surface area is 188 Å². The summed E-state index contributed by atoms with van der Waals surface area (Å²) in [6.07, 6.45) is 1.30. The number of carbonyl (C=O) groups excluding carboxylic acids is 1. The van der Waals surface area contributed by atoms with Crippen LogP contribution in [0.2, 0.25) is 0 Å². The summed E-state index contributed by atoms with van der Waals surface area (Å²) < 4.78 is 12.2. The minimum absolute atomic E-state index is 0.255. The molecule has 2 aromatic heterocycles. The molecule has 12 nitrogen and oxygen atoms in total. The highest BCUT2D eigenvalue weighted by atomic mass is 16.6. The highest BCUT2D eigenvalue weighted by molar-refractivity contribution is 6.16. The van der Waals surface area contributed by atoms with Gasteiger partial charge in [0.1, 0.15) is 23.3 Å². The fourth-order valence-corrected chi connectivity index (χ4v) is 4.06. The zero-order chi connectivity index (χ0) is 23.8. The van der Waals surface area contributed by atoms with Gasteiger partial charge in [0.15, 0.2) is 6.23 Å². The van der Waals surface area contributed by atoms with Crippen LogP contribution in [-0.4, -0.2) is 72.4 Å². The van der Waals surface area contributed by atoms with E-state index in [0.29, 0.717) is 16.5 Å². The Morgan fingerprint density at radius 2 is 2.18 bits per heavy atom. The molecule has 5 N–H and O–H groups in total. The van der Waals surface area contributed by atoms with E-state index in [1.807, 2.05) is 6.92 Å². The van der Waals surface area contributed by atoms with Crippen LogP contribution >= 0.6 is 0 Å². The topological polar surface area (TPSA) is 172 Å². The summed E-state index contributed by atoms with van der Waals surface area (Å²) >= 11 is 0. The molecule has 0 aliphatic carbocycles. The van der Waals surface area contributed by atoms with E-state index < -0.39 is 42.3 Å². The van der Waals surface area contributed by atoms with Crippen LogP contribution in [0.15, 0.2) is 23.3 Å². The summed E-state index contributed by atoms with van der Waals surface area (Å²) in [5, 5.41) is 45.1. The minimum Gasteiger partial charge on any atom is -0.449 e. The standard InChI is InChI=1S/C21H27N5O7/c1-3-4-5-6-32-20(30)23-13-7-11-16-12(13)9-26(25-14(16)8-22-24-18(11)29)19-21(2,31)17(28)15(10-27)33-19/h7-9,15,17,19,27-28,31H,3-6,10H2,1-2H3,(H,23,30)(H,24,29). The van der Waals surface area contributed by atoms with E-state index in [9.17, 15) is 24.9 Å². The fourth-order valence-electron chi connectivity index (χ4n) is 4.06. The Morgan fingerprint density at radius 1 is 1.39 bits per heavy atom. The normalized spacial score (nSPS) is 25.1. The number of nitrogens with zero attached hydrogens (tertiary/aromatic N) is 3. The molecule has 4 atom stereocenters. The Hall–Kier alpha value is -3.06. The van der Waals surface area contributed by atoms with E-state index in [2.05, 4.69) is 20.6 Å². The van der Waals surface area contributed by atoms with Crippen molar-refractivity contribution in [2.24, 2.45) is 0 Å². The summed E-state index contributed by atoms with van der Waals surface area (Å²) in [6, 6.07) is 1.50. The number of aromatic amines is 1. The number of carbonyl (C=O) groups is 1. The van der Waals surface area contributed by atoms with Gasteiger partial charge >= 0.3 is 6.09 Å². The zero-order valence-corrected chi connectivity index (χ0v) is 18.3. The molecule has 1 saturated heterocycles. The first-order valence-electron chi connectivity index (χ1n) is 10.8. The Kier molecular flexibility index (Phi) is 6.34. The largest absolute Gasteiger partial charge is 0.449 e. The molecule has 1 amide bonds. The van der Waals surface area contributed by atoms with Crippen molar-refractivity contribution in [2.45, 2.75) is 57.1 Å². The number of nitrogens with one attached hydrogen (secondary N) is 2. The van der Waals surface area contributed by atoms with Gasteiger partial charge in [-0.25, -0.2) is 14.6 Å². The number of hydrogen-bond acceptors (Lipinski definition) is 9. The second-order valence-corrected chi connectivity index (χ2v) is 8.30. The Morgan fingerprint density at radius 3 is 2.88 bits per heavy atom. The van der Waals surface area contributed by atoms with Crippen LogP contribution in [0.1, 0.15) is 39.3 Å². The van der Waals surface area contributed by atoms with Crippen molar-refractivity contribution in [2.75, 3.05) is 18.5 Å². The summed E-state index contributed by atoms with van der Waals surface area (Å²) in [5.74, 6) is 0. The Balaban J connectivity index is 1.78. The van der Waals surface area contributed by atoms with Gasteiger partial charge in [0.25, 0.3) is 5.56 Å². The van der Waals surface area contributed by atoms with Gasteiger partial charge in [-0.05, 0) is 19.4 Å². The lowest BCUT2D eigenvalue weighted by atomic mass is 9.97. The van der Waals surface area contributed by atoms with Gasteiger partial charge in [-0.3, -0.25) is 10.1 Å². The van der Waals surface area contributed by atoms with Crippen LogP contribution in [0.25, 0.3) is 21.7 Å². The first kappa shape index (κ1) is 23.1. The van der Waals surface area contributed by atoms with Gasteiger partial charge in [-0.2, -0.15) is 10.2 Å². The van der Waals surface area contributed by atoms with Crippen LogP contribution in [0.3, 0.4) is 0 Å². The number of H-pyrrole nitrogens is 1. The van der Waals surface area contributed by atoms with Gasteiger partial charge in [-0.1, -0.05) is 19.8 Å². The predicted molar refractivity (Wildman–Crippen MR) is 118 cm³/mol. The van der Waals surface area contributed by atoms with Crippen molar-refractivity contribution < 1.29 is 29.6 Å². The van der Waals surface area contributed by atoms with Gasteiger partial charge < -0.3 is 24.8 Å². The molecule has 1 aliphatic rings. The lowest BCUT2D eigenvalue weighted by Gasteiger charge is -2.27. The first-order chi connectivity index (χ1) is 15.8. The maximum absolute atomic E-state index is 12.5. The number of aliphatic hydroxyl groups is 3. The van der Waals surface area contributed by atoms with Crippen LogP contribution in [0, 0.1) is 0 Å². The van der Waals surface area contributed by atoms with Crippen molar-refractivity contribution in [1.29, 1.82) is 0 Å². The van der Waals surface area contributed by atoms with Crippen molar-refractivity contribution >= 4 is 33.5 Å². The molecule has 12 heteroatoms. The predicted octanol–water partition coefficient (Wildman–Crippen LogP) is 1.01. The summed E-state index contributed by atoms with van der Waals surface area (Å²) in [7, 11) is 0. The SMILES string of the molecule is CCCCCOC(=O)Nc1cc2c(=O)[nH]ncc3nn(C4OC(CO)C(O)C4(C)O)cc1c32. The van der Waals surface area contributed by atoms with E-state index in [0.717, 1.165) is 19.3 Å². The molecule has 4 unspecified atom stereocenters. The van der Waals surface area contributed by atoms with Crippen LogP contribution in [0.4, 0.5) is 10.5 Å². The zero-order valence-electron chi connectivity index (χ0n) is 18.3. The molecule has 3 aromatic rings. The molecule has 0 radical (unpaired) electrons. The van der Waals surface area contributed by atoms with Crippen molar-refractivity contribution in [1.82, 2.24) is 20.0 Å². The second kappa shape index (κ2) is 9.06. The number of aliphatic hydroxyl groups excluding tert-OH is 2. The third kappa shape index (κ3) is 4.17. The quantitative estimate of drug-likeness (QED) is 0.322. The molecule has 0 spiro atoms. The van der Waals surface area contributed by atoms with E-state index >= 15 is 0 Å². The number of unbranched alkanes of at least 4 members (excludes halogenated alkanes) is 2. The van der Waals surface area contributed by atoms with E-state index in [4.69, 9.17) is 9.47 Å². The van der Waals surface area contributed by atoms with Crippen molar-refractivity contribution in [3.63, 3.8) is 0 Å². The average molecular weight is 461 g/mol. The van der Waals surface area contributed by atoms with E-state index in [1.165, 1.54) is 30.1 Å². The van der Waals surface area contributed by atoms with Crippen LogP contribution < -0.4 is 10.9 Å². The molecule has 4 rings (SSSR count). The Bertz CT molecular complexity index is 1220. The smallest absolute Gasteiger partial charge is 0.411 e. The number of ether oxygens (including phenoxy) is 2. The fraction of sp³-hybridized carbons (Fsp3) is 0.524. The molecule has 3 heterocycles. The second-order valence-electron chi connectivity index (χ2n) is 8.30. The molecule has 1 fully saturated rings. The maximum Gasteiger partial charge on any atom is 0.411 e. The third-order valence-corrected chi connectivity index (χ3v) is 5.85. The highest BCUT2D eigenvalue weighted by Crippen LogP contribution is 2.39. The number of rotatable bonds is 7.